The number of phenols is 1. The Hall–Kier alpha value is -2.56. The number of nitrogen functional groups attached to an aromatic ring is 1. The number of rotatable bonds is 2. The summed E-state index contributed by atoms with van der Waals surface area (Å²) >= 11 is 0. The van der Waals surface area contributed by atoms with Gasteiger partial charge in [0.2, 0.25) is 0 Å². The van der Waals surface area contributed by atoms with Crippen LogP contribution in [0.4, 0.5) is 15.8 Å². The van der Waals surface area contributed by atoms with Crippen LogP contribution in [-0.2, 0) is 0 Å². The molecule has 2 aromatic carbocycles. The Morgan fingerprint density at radius 1 is 1.21 bits per heavy atom. The topological polar surface area (TPSA) is 66.6 Å². The summed E-state index contributed by atoms with van der Waals surface area (Å²) < 4.78 is 12.8. The van der Waals surface area contributed by atoms with E-state index in [1.807, 2.05) is 0 Å². The van der Waals surface area contributed by atoms with Crippen LogP contribution in [0.25, 0.3) is 0 Å². The Morgan fingerprint density at radius 2 is 1.84 bits per heavy atom. The molecule has 0 aliphatic carbocycles. The number of para-hydroxylation sites is 1. The van der Waals surface area contributed by atoms with Gasteiger partial charge < -0.3 is 15.7 Å². The minimum absolute atomic E-state index is 0.104. The second-order valence-electron chi connectivity index (χ2n) is 4.08. The van der Waals surface area contributed by atoms with Gasteiger partial charge in [-0.3, -0.25) is 4.79 Å². The minimum atomic E-state index is -0.420. The first kappa shape index (κ1) is 12.9. The molecule has 2 rings (SSSR count). The molecular weight excluding hydrogens is 247 g/mol. The molecule has 0 fully saturated rings. The molecule has 0 aliphatic rings. The molecule has 0 unspecified atom stereocenters. The van der Waals surface area contributed by atoms with Gasteiger partial charge in [-0.1, -0.05) is 6.07 Å². The van der Waals surface area contributed by atoms with Crippen LogP contribution < -0.4 is 10.6 Å². The minimum Gasteiger partial charge on any atom is -0.505 e. The predicted octanol–water partition coefficient (Wildman–Crippen LogP) is 2.39. The Balaban J connectivity index is 2.33. The molecule has 0 aliphatic heterocycles. The zero-order valence-electron chi connectivity index (χ0n) is 10.3. The summed E-state index contributed by atoms with van der Waals surface area (Å²) in [7, 11) is 1.54. The highest BCUT2D eigenvalue weighted by Gasteiger charge is 2.18. The van der Waals surface area contributed by atoms with Crippen molar-refractivity contribution in [3.63, 3.8) is 0 Å². The van der Waals surface area contributed by atoms with Crippen LogP contribution in [0, 0.1) is 5.82 Å². The van der Waals surface area contributed by atoms with Gasteiger partial charge in [-0.2, -0.15) is 0 Å². The van der Waals surface area contributed by atoms with Crippen molar-refractivity contribution >= 4 is 17.3 Å². The molecule has 0 heterocycles. The number of phenolic OH excluding ortho intramolecular Hbond substituents is 1. The number of amides is 1. The van der Waals surface area contributed by atoms with E-state index >= 15 is 0 Å². The molecule has 0 bridgehead atoms. The molecule has 0 spiro atoms. The number of nitrogens with two attached hydrogens (primary N) is 1. The Morgan fingerprint density at radius 3 is 2.47 bits per heavy atom. The average Bonchev–Trinajstić information content (AvgIpc) is 2.41. The third-order valence-electron chi connectivity index (χ3n) is 2.82. The van der Waals surface area contributed by atoms with E-state index in [1.165, 1.54) is 48.3 Å². The molecule has 98 valence electrons. The zero-order chi connectivity index (χ0) is 14.0. The number of benzene rings is 2. The van der Waals surface area contributed by atoms with Crippen LogP contribution in [0.2, 0.25) is 0 Å². The van der Waals surface area contributed by atoms with Gasteiger partial charge in [-0.25, -0.2) is 4.39 Å². The van der Waals surface area contributed by atoms with Crippen LogP contribution in [0.5, 0.6) is 5.75 Å². The maximum atomic E-state index is 12.8. The lowest BCUT2D eigenvalue weighted by molar-refractivity contribution is 0.0990. The highest BCUT2D eigenvalue weighted by molar-refractivity contribution is 6.08. The molecule has 3 N–H and O–H groups in total. The first-order valence-electron chi connectivity index (χ1n) is 5.62. The van der Waals surface area contributed by atoms with Crippen molar-refractivity contribution in [3.8, 4) is 5.75 Å². The fourth-order valence-electron chi connectivity index (χ4n) is 1.70. The molecule has 0 aromatic heterocycles. The van der Waals surface area contributed by atoms with E-state index in [4.69, 9.17) is 5.73 Å². The Bertz CT molecular complexity index is 611. The molecule has 0 atom stereocenters. The largest absolute Gasteiger partial charge is 0.505 e. The monoisotopic (exact) mass is 260 g/mol. The predicted molar refractivity (Wildman–Crippen MR) is 71.7 cm³/mol. The number of anilines is 2. The number of aromatic hydroxyl groups is 1. The summed E-state index contributed by atoms with van der Waals surface area (Å²) in [6, 6.07) is 10.1. The molecule has 19 heavy (non-hydrogen) atoms. The molecule has 1 amide bonds. The molecule has 0 radical (unpaired) electrons. The quantitative estimate of drug-likeness (QED) is 0.643. The number of carbonyl (C=O) groups is 1. The first-order chi connectivity index (χ1) is 9.00. The van der Waals surface area contributed by atoms with Gasteiger partial charge in [-0.15, -0.1) is 0 Å². The van der Waals surface area contributed by atoms with Gasteiger partial charge in [0.05, 0.1) is 11.3 Å². The van der Waals surface area contributed by atoms with Crippen molar-refractivity contribution in [1.29, 1.82) is 0 Å². The number of hydrogen-bond donors (Lipinski definition) is 2. The normalized spacial score (nSPS) is 10.2. The summed E-state index contributed by atoms with van der Waals surface area (Å²) in [5, 5.41) is 9.78. The third-order valence-corrected chi connectivity index (χ3v) is 2.82. The standard InChI is InChI=1S/C14H13FN2O2/c1-17(10-7-5-9(15)6-8-10)14(19)11-3-2-4-12(16)13(11)18/h2-8,18H,16H2,1H3. The van der Waals surface area contributed by atoms with Crippen molar-refractivity contribution in [3.05, 3.63) is 53.8 Å². The van der Waals surface area contributed by atoms with E-state index < -0.39 is 5.91 Å². The number of halogens is 1. The highest BCUT2D eigenvalue weighted by Crippen LogP contribution is 2.26. The van der Waals surface area contributed by atoms with E-state index in [-0.39, 0.29) is 22.8 Å². The zero-order valence-corrected chi connectivity index (χ0v) is 10.3. The van der Waals surface area contributed by atoms with Crippen molar-refractivity contribution < 1.29 is 14.3 Å². The average molecular weight is 260 g/mol. The fraction of sp³-hybridized carbons (Fsp3) is 0.0714. The van der Waals surface area contributed by atoms with Crippen LogP contribution in [0.15, 0.2) is 42.5 Å². The lowest BCUT2D eigenvalue weighted by Crippen LogP contribution is -2.26. The van der Waals surface area contributed by atoms with E-state index in [0.717, 1.165) is 0 Å². The van der Waals surface area contributed by atoms with Gasteiger partial charge in [0.1, 0.15) is 5.82 Å². The van der Waals surface area contributed by atoms with Crippen molar-refractivity contribution in [1.82, 2.24) is 0 Å². The second-order valence-corrected chi connectivity index (χ2v) is 4.08. The molecule has 4 nitrogen and oxygen atoms in total. The SMILES string of the molecule is CN(C(=O)c1cccc(N)c1O)c1ccc(F)cc1. The highest BCUT2D eigenvalue weighted by atomic mass is 19.1. The molecular formula is C14H13FN2O2. The van der Waals surface area contributed by atoms with Crippen LogP contribution in [0.3, 0.4) is 0 Å². The second kappa shape index (κ2) is 4.97. The van der Waals surface area contributed by atoms with Crippen LogP contribution in [0.1, 0.15) is 10.4 Å². The van der Waals surface area contributed by atoms with E-state index in [9.17, 15) is 14.3 Å². The molecule has 0 saturated carbocycles. The lowest BCUT2D eigenvalue weighted by Gasteiger charge is -2.18. The number of carbonyl (C=O) groups excluding carboxylic acids is 1. The maximum absolute atomic E-state index is 12.8. The number of hydrogen-bond acceptors (Lipinski definition) is 3. The molecule has 2 aromatic rings. The summed E-state index contributed by atoms with van der Waals surface area (Å²) in [6.45, 7) is 0. The van der Waals surface area contributed by atoms with Crippen LogP contribution in [-0.4, -0.2) is 18.1 Å². The smallest absolute Gasteiger partial charge is 0.261 e. The Kier molecular flexibility index (Phi) is 3.37. The lowest BCUT2D eigenvalue weighted by atomic mass is 10.1. The summed E-state index contributed by atoms with van der Waals surface area (Å²) in [6.07, 6.45) is 0. The third kappa shape index (κ3) is 2.49. The summed E-state index contributed by atoms with van der Waals surface area (Å²) in [5.41, 5.74) is 6.31. The summed E-state index contributed by atoms with van der Waals surface area (Å²) in [4.78, 5) is 13.5. The summed E-state index contributed by atoms with van der Waals surface area (Å²) in [5.74, 6) is -1.05. The Labute approximate surface area is 109 Å². The number of nitrogens with zero attached hydrogens (tertiary/aromatic N) is 1. The van der Waals surface area contributed by atoms with E-state index in [1.54, 1.807) is 6.07 Å². The fourth-order valence-corrected chi connectivity index (χ4v) is 1.70. The molecule has 5 heteroatoms. The van der Waals surface area contributed by atoms with Crippen molar-refractivity contribution in [2.75, 3.05) is 17.7 Å². The van der Waals surface area contributed by atoms with Gasteiger partial charge in [0.15, 0.2) is 5.75 Å². The van der Waals surface area contributed by atoms with Gasteiger partial charge in [-0.05, 0) is 36.4 Å². The van der Waals surface area contributed by atoms with E-state index in [0.29, 0.717) is 5.69 Å². The molecule has 0 saturated heterocycles. The van der Waals surface area contributed by atoms with Gasteiger partial charge in [0, 0.05) is 12.7 Å². The first-order valence-corrected chi connectivity index (χ1v) is 5.62. The maximum Gasteiger partial charge on any atom is 0.261 e. The van der Waals surface area contributed by atoms with Crippen molar-refractivity contribution in [2.24, 2.45) is 0 Å². The van der Waals surface area contributed by atoms with Gasteiger partial charge in [0.25, 0.3) is 5.91 Å². The van der Waals surface area contributed by atoms with Gasteiger partial charge >= 0.3 is 0 Å². The van der Waals surface area contributed by atoms with Crippen molar-refractivity contribution in [2.45, 2.75) is 0 Å². The van der Waals surface area contributed by atoms with E-state index in [2.05, 4.69) is 0 Å². The van der Waals surface area contributed by atoms with Crippen LogP contribution >= 0.6 is 0 Å².